The molecule has 1 heterocycles. The van der Waals surface area contributed by atoms with Crippen molar-refractivity contribution in [3.05, 3.63) is 65.5 Å². The Kier molecular flexibility index (Phi) is 6.30. The summed E-state index contributed by atoms with van der Waals surface area (Å²) in [5.41, 5.74) is 0.809. The molecule has 1 amide bonds. The van der Waals surface area contributed by atoms with Crippen molar-refractivity contribution in [3.8, 4) is 11.4 Å². The zero-order valence-electron chi connectivity index (χ0n) is 14.2. The van der Waals surface area contributed by atoms with Crippen LogP contribution >= 0.6 is 23.4 Å². The van der Waals surface area contributed by atoms with E-state index >= 15 is 0 Å². The monoisotopic (exact) mass is 387 g/mol. The van der Waals surface area contributed by atoms with Crippen molar-refractivity contribution in [2.75, 3.05) is 5.75 Å². The first-order valence-electron chi connectivity index (χ1n) is 8.16. The van der Waals surface area contributed by atoms with Gasteiger partial charge in [0.2, 0.25) is 17.6 Å². The fraction of sp³-hybridized carbons (Fsp3) is 0.211. The minimum Gasteiger partial charge on any atom is -0.347 e. The van der Waals surface area contributed by atoms with Crippen LogP contribution in [0.3, 0.4) is 0 Å². The maximum Gasteiger partial charge on any atom is 0.246 e. The van der Waals surface area contributed by atoms with E-state index in [9.17, 15) is 4.79 Å². The van der Waals surface area contributed by atoms with Gasteiger partial charge in [0.05, 0.1) is 6.54 Å². The van der Waals surface area contributed by atoms with Crippen molar-refractivity contribution in [3.63, 3.8) is 0 Å². The van der Waals surface area contributed by atoms with Gasteiger partial charge in [0.25, 0.3) is 0 Å². The number of amides is 1. The molecule has 2 aromatic carbocycles. The molecule has 0 saturated carbocycles. The van der Waals surface area contributed by atoms with Crippen molar-refractivity contribution in [2.24, 2.45) is 5.92 Å². The highest BCUT2D eigenvalue weighted by Crippen LogP contribution is 2.21. The van der Waals surface area contributed by atoms with E-state index in [1.165, 1.54) is 0 Å². The summed E-state index contributed by atoms with van der Waals surface area (Å²) in [6.07, 6.45) is 0. The highest BCUT2D eigenvalue weighted by Gasteiger charge is 2.15. The zero-order chi connectivity index (χ0) is 18.4. The van der Waals surface area contributed by atoms with E-state index in [1.807, 2.05) is 49.4 Å². The largest absolute Gasteiger partial charge is 0.347 e. The number of carbonyl (C=O) groups is 1. The quantitative estimate of drug-likeness (QED) is 0.607. The number of thioether (sulfide) groups is 1. The highest BCUT2D eigenvalue weighted by molar-refractivity contribution is 7.99. The van der Waals surface area contributed by atoms with Gasteiger partial charge >= 0.3 is 0 Å². The van der Waals surface area contributed by atoms with Crippen molar-refractivity contribution >= 4 is 29.3 Å². The maximum atomic E-state index is 12.2. The lowest BCUT2D eigenvalue weighted by molar-refractivity contribution is -0.124. The lowest BCUT2D eigenvalue weighted by atomic mass is 10.2. The molecular formula is C19H18ClN3O2S. The molecule has 5 nitrogen and oxygen atoms in total. The normalized spacial score (nSPS) is 11.9. The SMILES string of the molecule is CC(CSc1ccccc1)C(=O)NCc1nc(-c2ccc(Cl)cc2)no1. The van der Waals surface area contributed by atoms with Gasteiger partial charge in [-0.25, -0.2) is 0 Å². The fourth-order valence-corrected chi connectivity index (χ4v) is 3.26. The Morgan fingerprint density at radius 3 is 2.65 bits per heavy atom. The highest BCUT2D eigenvalue weighted by atomic mass is 35.5. The van der Waals surface area contributed by atoms with Gasteiger partial charge < -0.3 is 9.84 Å². The van der Waals surface area contributed by atoms with Crippen LogP contribution in [0, 0.1) is 5.92 Å². The standard InChI is InChI=1S/C19H18ClN3O2S/c1-13(12-26-16-5-3-2-4-6-16)19(24)21-11-17-22-18(23-25-17)14-7-9-15(20)10-8-14/h2-10,13H,11-12H2,1H3,(H,21,24). The third kappa shape index (κ3) is 5.09. The summed E-state index contributed by atoms with van der Waals surface area (Å²) in [6.45, 7) is 2.11. The molecular weight excluding hydrogens is 370 g/mol. The van der Waals surface area contributed by atoms with Crippen molar-refractivity contribution < 1.29 is 9.32 Å². The van der Waals surface area contributed by atoms with Gasteiger partial charge in [-0.15, -0.1) is 11.8 Å². The molecule has 1 unspecified atom stereocenters. The average molecular weight is 388 g/mol. The van der Waals surface area contributed by atoms with E-state index < -0.39 is 0 Å². The second-order valence-electron chi connectivity index (χ2n) is 5.76. The third-order valence-corrected chi connectivity index (χ3v) is 5.20. The average Bonchev–Trinajstić information content (AvgIpc) is 3.14. The second kappa shape index (κ2) is 8.87. The summed E-state index contributed by atoms with van der Waals surface area (Å²) >= 11 is 7.53. The van der Waals surface area contributed by atoms with E-state index in [2.05, 4.69) is 15.5 Å². The van der Waals surface area contributed by atoms with E-state index in [0.717, 1.165) is 10.5 Å². The van der Waals surface area contributed by atoms with Crippen LogP contribution in [0.4, 0.5) is 0 Å². The maximum absolute atomic E-state index is 12.2. The number of hydrogen-bond donors (Lipinski definition) is 1. The molecule has 1 atom stereocenters. The summed E-state index contributed by atoms with van der Waals surface area (Å²) in [7, 11) is 0. The Balaban J connectivity index is 1.49. The van der Waals surface area contributed by atoms with Crippen LogP contribution in [0.1, 0.15) is 12.8 Å². The number of nitrogens with one attached hydrogen (secondary N) is 1. The van der Waals surface area contributed by atoms with Crippen LogP contribution in [0.5, 0.6) is 0 Å². The Morgan fingerprint density at radius 1 is 1.19 bits per heavy atom. The molecule has 3 aromatic rings. The van der Waals surface area contributed by atoms with Crippen molar-refractivity contribution in [2.45, 2.75) is 18.4 Å². The lowest BCUT2D eigenvalue weighted by Gasteiger charge is -2.10. The molecule has 0 bridgehead atoms. The zero-order valence-corrected chi connectivity index (χ0v) is 15.8. The van der Waals surface area contributed by atoms with Crippen molar-refractivity contribution in [1.29, 1.82) is 0 Å². The molecule has 0 saturated heterocycles. The molecule has 26 heavy (non-hydrogen) atoms. The topological polar surface area (TPSA) is 68.0 Å². The summed E-state index contributed by atoms with van der Waals surface area (Å²) < 4.78 is 5.19. The van der Waals surface area contributed by atoms with Gasteiger partial charge in [0.1, 0.15) is 0 Å². The number of rotatable bonds is 7. The molecule has 3 rings (SSSR count). The minimum atomic E-state index is -0.126. The number of nitrogens with zero attached hydrogens (tertiary/aromatic N) is 2. The summed E-state index contributed by atoms with van der Waals surface area (Å²) in [6, 6.07) is 17.2. The first-order valence-corrected chi connectivity index (χ1v) is 9.52. The molecule has 0 aliphatic heterocycles. The fourth-order valence-electron chi connectivity index (χ4n) is 2.19. The van der Waals surface area contributed by atoms with Crippen LogP contribution in [0.2, 0.25) is 5.02 Å². The van der Waals surface area contributed by atoms with E-state index in [-0.39, 0.29) is 18.4 Å². The first-order chi connectivity index (χ1) is 12.6. The predicted octanol–water partition coefficient (Wildman–Crippen LogP) is 4.43. The molecule has 134 valence electrons. The van der Waals surface area contributed by atoms with Gasteiger partial charge in [-0.1, -0.05) is 41.9 Å². The molecule has 7 heteroatoms. The van der Waals surface area contributed by atoms with Gasteiger partial charge in [0, 0.05) is 27.2 Å². The molecule has 0 radical (unpaired) electrons. The number of hydrogen-bond acceptors (Lipinski definition) is 5. The first kappa shape index (κ1) is 18.5. The van der Waals surface area contributed by atoms with Crippen LogP contribution in [-0.2, 0) is 11.3 Å². The predicted molar refractivity (Wildman–Crippen MR) is 103 cm³/mol. The molecule has 0 aliphatic rings. The van der Waals surface area contributed by atoms with Crippen LogP contribution in [0.15, 0.2) is 64.0 Å². The van der Waals surface area contributed by atoms with E-state index in [4.69, 9.17) is 16.1 Å². The van der Waals surface area contributed by atoms with Crippen molar-refractivity contribution in [1.82, 2.24) is 15.5 Å². The summed E-state index contributed by atoms with van der Waals surface area (Å²) in [5.74, 6) is 1.37. The van der Waals surface area contributed by atoms with Gasteiger partial charge in [0.15, 0.2) is 0 Å². The molecule has 0 aliphatic carbocycles. The Hall–Kier alpha value is -2.31. The van der Waals surface area contributed by atoms with E-state index in [0.29, 0.717) is 22.5 Å². The Bertz CT molecular complexity index is 853. The van der Waals surface area contributed by atoms with Gasteiger partial charge in [-0.3, -0.25) is 4.79 Å². The van der Waals surface area contributed by atoms with Crippen LogP contribution < -0.4 is 5.32 Å². The van der Waals surface area contributed by atoms with E-state index in [1.54, 1.807) is 23.9 Å². The molecule has 0 spiro atoms. The lowest BCUT2D eigenvalue weighted by Crippen LogP contribution is -2.30. The Morgan fingerprint density at radius 2 is 1.92 bits per heavy atom. The second-order valence-corrected chi connectivity index (χ2v) is 7.29. The number of benzene rings is 2. The van der Waals surface area contributed by atoms with Crippen LogP contribution in [0.25, 0.3) is 11.4 Å². The summed E-state index contributed by atoms with van der Waals surface area (Å²) in [5, 5.41) is 7.42. The molecule has 1 N–H and O–H groups in total. The smallest absolute Gasteiger partial charge is 0.246 e. The molecule has 1 aromatic heterocycles. The number of aromatic nitrogens is 2. The van der Waals surface area contributed by atoms with Gasteiger partial charge in [-0.05, 0) is 36.4 Å². The third-order valence-electron chi connectivity index (χ3n) is 3.68. The number of halogens is 1. The van der Waals surface area contributed by atoms with Crippen LogP contribution in [-0.4, -0.2) is 21.8 Å². The Labute approximate surface area is 161 Å². The minimum absolute atomic E-state index is 0.0420. The summed E-state index contributed by atoms with van der Waals surface area (Å²) in [4.78, 5) is 17.7. The number of carbonyl (C=O) groups excluding carboxylic acids is 1. The van der Waals surface area contributed by atoms with Gasteiger partial charge in [-0.2, -0.15) is 4.98 Å². The molecule has 0 fully saturated rings.